The van der Waals surface area contributed by atoms with Crippen molar-refractivity contribution < 1.29 is 22.4 Å². The summed E-state index contributed by atoms with van der Waals surface area (Å²) in [6, 6.07) is 7.25. The van der Waals surface area contributed by atoms with Crippen LogP contribution in [0.2, 0.25) is 0 Å². The van der Waals surface area contributed by atoms with Gasteiger partial charge in [0.05, 0.1) is 16.9 Å². The Morgan fingerprint density at radius 2 is 1.81 bits per heavy atom. The van der Waals surface area contributed by atoms with Gasteiger partial charge in [-0.2, -0.15) is 13.2 Å². The Labute approximate surface area is 117 Å². The quantitative estimate of drug-likeness (QED) is 0.656. The molecule has 0 aromatic heterocycles. The number of anilines is 2. The second-order valence-corrected chi connectivity index (χ2v) is 4.26. The van der Waals surface area contributed by atoms with E-state index in [0.717, 1.165) is 24.3 Å². The third kappa shape index (κ3) is 3.50. The van der Waals surface area contributed by atoms with E-state index in [1.807, 2.05) is 0 Å². The molecule has 0 fully saturated rings. The van der Waals surface area contributed by atoms with Crippen LogP contribution in [0.15, 0.2) is 42.5 Å². The minimum absolute atomic E-state index is 0.00240. The number of amides is 1. The Balaban J connectivity index is 2.27. The van der Waals surface area contributed by atoms with Crippen molar-refractivity contribution in [3.63, 3.8) is 0 Å². The summed E-state index contributed by atoms with van der Waals surface area (Å²) in [5.41, 5.74) is 4.52. The molecule has 2 aromatic rings. The molecule has 0 aliphatic heterocycles. The maximum atomic E-state index is 13.1. The van der Waals surface area contributed by atoms with E-state index in [0.29, 0.717) is 6.07 Å². The first-order valence-electron chi connectivity index (χ1n) is 5.81. The van der Waals surface area contributed by atoms with E-state index in [4.69, 9.17) is 5.73 Å². The molecule has 2 aromatic carbocycles. The van der Waals surface area contributed by atoms with Crippen molar-refractivity contribution in [3.8, 4) is 0 Å². The van der Waals surface area contributed by atoms with Crippen LogP contribution in [0.5, 0.6) is 0 Å². The molecule has 0 aliphatic rings. The molecule has 0 saturated heterocycles. The third-order valence-corrected chi connectivity index (χ3v) is 2.72. The minimum Gasteiger partial charge on any atom is -0.397 e. The zero-order valence-electron chi connectivity index (χ0n) is 10.5. The monoisotopic (exact) mass is 298 g/mol. The van der Waals surface area contributed by atoms with Gasteiger partial charge >= 0.3 is 6.18 Å². The number of rotatable bonds is 2. The zero-order chi connectivity index (χ0) is 15.6. The van der Waals surface area contributed by atoms with Crippen molar-refractivity contribution in [2.75, 3.05) is 11.1 Å². The van der Waals surface area contributed by atoms with Crippen LogP contribution in [-0.2, 0) is 6.18 Å². The highest BCUT2D eigenvalue weighted by Gasteiger charge is 2.30. The molecule has 0 unspecified atom stereocenters. The summed E-state index contributed by atoms with van der Waals surface area (Å²) < 4.78 is 50.8. The lowest BCUT2D eigenvalue weighted by Gasteiger charge is -2.10. The molecule has 1 amide bonds. The van der Waals surface area contributed by atoms with Gasteiger partial charge in [-0.25, -0.2) is 4.39 Å². The summed E-state index contributed by atoms with van der Waals surface area (Å²) in [5, 5.41) is 2.27. The van der Waals surface area contributed by atoms with Gasteiger partial charge in [0.15, 0.2) is 0 Å². The highest BCUT2D eigenvalue weighted by molar-refractivity contribution is 6.05. The van der Waals surface area contributed by atoms with E-state index in [1.54, 1.807) is 0 Å². The van der Waals surface area contributed by atoms with E-state index in [-0.39, 0.29) is 16.9 Å². The Morgan fingerprint density at radius 1 is 1.10 bits per heavy atom. The highest BCUT2D eigenvalue weighted by atomic mass is 19.4. The van der Waals surface area contributed by atoms with Crippen molar-refractivity contribution in [1.82, 2.24) is 0 Å². The van der Waals surface area contributed by atoms with Gasteiger partial charge < -0.3 is 11.1 Å². The molecule has 0 spiro atoms. The molecule has 21 heavy (non-hydrogen) atoms. The van der Waals surface area contributed by atoms with E-state index in [9.17, 15) is 22.4 Å². The molecule has 0 radical (unpaired) electrons. The molecule has 110 valence electrons. The highest BCUT2D eigenvalue weighted by Crippen LogP contribution is 2.29. The fraction of sp³-hybridized carbons (Fsp3) is 0.0714. The lowest BCUT2D eigenvalue weighted by molar-refractivity contribution is -0.137. The van der Waals surface area contributed by atoms with Crippen LogP contribution < -0.4 is 11.1 Å². The summed E-state index contributed by atoms with van der Waals surface area (Å²) >= 11 is 0. The summed E-state index contributed by atoms with van der Waals surface area (Å²) in [4.78, 5) is 11.9. The third-order valence-electron chi connectivity index (χ3n) is 2.72. The standard InChI is InChI=1S/C14H10F4N2O/c15-10-4-5-11(19)12(7-10)20-13(21)8-2-1-3-9(6-8)14(16,17)18/h1-7H,19H2,(H,20,21). The van der Waals surface area contributed by atoms with Gasteiger partial charge in [0, 0.05) is 5.56 Å². The molecule has 7 heteroatoms. The van der Waals surface area contributed by atoms with Crippen LogP contribution in [0.4, 0.5) is 28.9 Å². The number of hydrogen-bond donors (Lipinski definition) is 2. The molecule has 0 aliphatic carbocycles. The first kappa shape index (κ1) is 14.8. The number of carbonyl (C=O) groups is 1. The van der Waals surface area contributed by atoms with Crippen molar-refractivity contribution in [2.24, 2.45) is 0 Å². The van der Waals surface area contributed by atoms with Crippen LogP contribution in [0, 0.1) is 5.82 Å². The van der Waals surface area contributed by atoms with Gasteiger partial charge in [0.1, 0.15) is 5.82 Å². The maximum Gasteiger partial charge on any atom is 0.416 e. The summed E-state index contributed by atoms with van der Waals surface area (Å²) in [6.45, 7) is 0. The number of alkyl halides is 3. The van der Waals surface area contributed by atoms with E-state index >= 15 is 0 Å². The molecule has 3 N–H and O–H groups in total. The fourth-order valence-corrected chi connectivity index (χ4v) is 1.67. The predicted octanol–water partition coefficient (Wildman–Crippen LogP) is 3.68. The van der Waals surface area contributed by atoms with Gasteiger partial charge in [-0.3, -0.25) is 4.79 Å². The molecular weight excluding hydrogens is 288 g/mol. The lowest BCUT2D eigenvalue weighted by Crippen LogP contribution is -2.15. The summed E-state index contributed by atoms with van der Waals surface area (Å²) in [6.07, 6.45) is -4.55. The first-order valence-corrected chi connectivity index (χ1v) is 5.81. The molecular formula is C14H10F4N2O. The lowest BCUT2D eigenvalue weighted by atomic mass is 10.1. The van der Waals surface area contributed by atoms with Crippen molar-refractivity contribution in [3.05, 3.63) is 59.4 Å². The number of hydrogen-bond acceptors (Lipinski definition) is 2. The van der Waals surface area contributed by atoms with Crippen molar-refractivity contribution in [1.29, 1.82) is 0 Å². The van der Waals surface area contributed by atoms with Crippen LogP contribution in [-0.4, -0.2) is 5.91 Å². The Hall–Kier alpha value is -2.57. The number of halogens is 4. The van der Waals surface area contributed by atoms with Gasteiger partial charge in [0.25, 0.3) is 5.91 Å². The van der Waals surface area contributed by atoms with Crippen molar-refractivity contribution >= 4 is 17.3 Å². The Morgan fingerprint density at radius 3 is 2.48 bits per heavy atom. The Kier molecular flexibility index (Phi) is 3.84. The van der Waals surface area contributed by atoms with E-state index in [2.05, 4.69) is 5.32 Å². The zero-order valence-corrected chi connectivity index (χ0v) is 10.5. The minimum atomic E-state index is -4.55. The fourth-order valence-electron chi connectivity index (χ4n) is 1.67. The van der Waals surface area contributed by atoms with Crippen LogP contribution in [0.25, 0.3) is 0 Å². The van der Waals surface area contributed by atoms with Crippen LogP contribution in [0.3, 0.4) is 0 Å². The van der Waals surface area contributed by atoms with Crippen LogP contribution >= 0.6 is 0 Å². The van der Waals surface area contributed by atoms with E-state index in [1.165, 1.54) is 12.1 Å². The predicted molar refractivity (Wildman–Crippen MR) is 70.2 cm³/mol. The van der Waals surface area contributed by atoms with E-state index < -0.39 is 23.5 Å². The van der Waals surface area contributed by atoms with Gasteiger partial charge in [-0.15, -0.1) is 0 Å². The topological polar surface area (TPSA) is 55.1 Å². The van der Waals surface area contributed by atoms with Crippen molar-refractivity contribution in [2.45, 2.75) is 6.18 Å². The summed E-state index contributed by atoms with van der Waals surface area (Å²) in [5.74, 6) is -1.43. The van der Waals surface area contributed by atoms with Crippen LogP contribution in [0.1, 0.15) is 15.9 Å². The Bertz CT molecular complexity index is 683. The number of nitrogens with one attached hydrogen (secondary N) is 1. The number of carbonyl (C=O) groups excluding carboxylic acids is 1. The largest absolute Gasteiger partial charge is 0.416 e. The second-order valence-electron chi connectivity index (χ2n) is 4.26. The first-order chi connectivity index (χ1) is 9.77. The van der Waals surface area contributed by atoms with Gasteiger partial charge in [-0.05, 0) is 36.4 Å². The number of nitrogens with two attached hydrogens (primary N) is 1. The molecule has 0 saturated carbocycles. The molecule has 0 bridgehead atoms. The molecule has 0 heterocycles. The normalized spacial score (nSPS) is 11.2. The average Bonchev–Trinajstić information content (AvgIpc) is 2.42. The summed E-state index contributed by atoms with van der Waals surface area (Å²) in [7, 11) is 0. The smallest absolute Gasteiger partial charge is 0.397 e. The van der Waals surface area contributed by atoms with Gasteiger partial charge in [-0.1, -0.05) is 6.07 Å². The van der Waals surface area contributed by atoms with Gasteiger partial charge in [0.2, 0.25) is 0 Å². The number of nitrogen functional groups attached to an aromatic ring is 1. The average molecular weight is 298 g/mol. The molecule has 2 rings (SSSR count). The maximum absolute atomic E-state index is 13.1. The molecule has 0 atom stereocenters. The molecule has 3 nitrogen and oxygen atoms in total. The number of benzene rings is 2. The second kappa shape index (κ2) is 5.43. The SMILES string of the molecule is Nc1ccc(F)cc1NC(=O)c1cccc(C(F)(F)F)c1.